The summed E-state index contributed by atoms with van der Waals surface area (Å²) in [7, 11) is 0. The van der Waals surface area contributed by atoms with Crippen LogP contribution in [0.4, 0.5) is 9.18 Å². The van der Waals surface area contributed by atoms with Gasteiger partial charge in [-0.25, -0.2) is 14.2 Å². The predicted molar refractivity (Wildman–Crippen MR) is 131 cm³/mol. The topological polar surface area (TPSA) is 78.1 Å². The number of amides is 3. The lowest BCUT2D eigenvalue weighted by molar-refractivity contribution is -0.130. The fourth-order valence-electron chi connectivity index (χ4n) is 4.62. The van der Waals surface area contributed by atoms with E-state index in [4.69, 9.17) is 4.98 Å². The van der Waals surface area contributed by atoms with Gasteiger partial charge in [-0.3, -0.25) is 9.69 Å². The molecule has 6 nitrogen and oxygen atoms in total. The molecule has 1 aliphatic carbocycles. The number of aromatic nitrogens is 2. The largest absolute Gasteiger partial charge is 0.344 e. The molecule has 8 heteroatoms. The van der Waals surface area contributed by atoms with E-state index in [1.807, 2.05) is 50.2 Å². The number of aromatic amines is 1. The number of imidazole rings is 1. The number of rotatable bonds is 6. The average Bonchev–Trinajstić information content (AvgIpc) is 3.51. The summed E-state index contributed by atoms with van der Waals surface area (Å²) in [4.78, 5) is 35.7. The Hall–Kier alpha value is -2.75. The molecule has 2 N–H and O–H groups in total. The first-order valence-electron chi connectivity index (χ1n) is 11.1. The Kier molecular flexibility index (Phi) is 5.72. The second kappa shape index (κ2) is 8.55. The van der Waals surface area contributed by atoms with Crippen LogP contribution in [0.15, 0.2) is 48.5 Å². The summed E-state index contributed by atoms with van der Waals surface area (Å²) in [5, 5.41) is 2.88. The third kappa shape index (κ3) is 4.05. The first-order chi connectivity index (χ1) is 15.8. The third-order valence-corrected chi connectivity index (χ3v) is 7.21. The zero-order valence-corrected chi connectivity index (χ0v) is 20.5. The normalized spacial score (nSPS) is 20.1. The Labute approximate surface area is 205 Å². The number of halogens is 2. The van der Waals surface area contributed by atoms with Crippen molar-refractivity contribution >= 4 is 34.5 Å². The number of nitrogens with one attached hydrogen (secondary N) is 2. The van der Waals surface area contributed by atoms with Crippen LogP contribution < -0.4 is 5.32 Å². The molecule has 3 aromatic rings. The molecule has 3 atom stereocenters. The molecule has 5 rings (SSSR count). The van der Waals surface area contributed by atoms with Gasteiger partial charge in [-0.05, 0) is 72.0 Å². The SMILES string of the molecule is Cc1[nH]c([C@H]([C@@H](C)c2ccccc2)N2C(=O)N[C@H](C3CC3)C2=O)nc1-c1ccc(I)cc1F. The smallest absolute Gasteiger partial charge is 0.325 e. The molecular weight excluding hydrogens is 534 g/mol. The Morgan fingerprint density at radius 2 is 1.88 bits per heavy atom. The highest BCUT2D eigenvalue weighted by molar-refractivity contribution is 14.1. The molecule has 1 saturated heterocycles. The van der Waals surface area contributed by atoms with Crippen molar-refractivity contribution in [2.75, 3.05) is 0 Å². The van der Waals surface area contributed by atoms with Crippen LogP contribution >= 0.6 is 22.6 Å². The number of carbonyl (C=O) groups excluding carboxylic acids is 2. The summed E-state index contributed by atoms with van der Waals surface area (Å²) in [6, 6.07) is 13.2. The molecular formula is C25H24FIN4O2. The van der Waals surface area contributed by atoms with Crippen molar-refractivity contribution in [2.45, 2.75) is 44.7 Å². The zero-order valence-electron chi connectivity index (χ0n) is 18.3. The minimum Gasteiger partial charge on any atom is -0.344 e. The van der Waals surface area contributed by atoms with Gasteiger partial charge in [0.05, 0.1) is 5.69 Å². The zero-order chi connectivity index (χ0) is 23.3. The number of aryl methyl sites for hydroxylation is 1. The summed E-state index contributed by atoms with van der Waals surface area (Å²) < 4.78 is 15.5. The van der Waals surface area contributed by atoms with E-state index < -0.39 is 18.1 Å². The van der Waals surface area contributed by atoms with E-state index in [1.165, 1.54) is 11.0 Å². The Morgan fingerprint density at radius 3 is 2.55 bits per heavy atom. The number of H-pyrrole nitrogens is 1. The monoisotopic (exact) mass is 558 g/mol. The fraction of sp³-hybridized carbons (Fsp3) is 0.320. The van der Waals surface area contributed by atoms with Gasteiger partial charge < -0.3 is 10.3 Å². The summed E-state index contributed by atoms with van der Waals surface area (Å²) in [6.07, 6.45) is 1.89. The predicted octanol–water partition coefficient (Wildman–Crippen LogP) is 5.30. The van der Waals surface area contributed by atoms with E-state index in [1.54, 1.807) is 6.07 Å². The van der Waals surface area contributed by atoms with Gasteiger partial charge in [0, 0.05) is 20.7 Å². The van der Waals surface area contributed by atoms with E-state index in [9.17, 15) is 14.0 Å². The van der Waals surface area contributed by atoms with Crippen molar-refractivity contribution in [3.8, 4) is 11.3 Å². The number of urea groups is 1. The van der Waals surface area contributed by atoms with E-state index >= 15 is 0 Å². The van der Waals surface area contributed by atoms with Crippen molar-refractivity contribution in [1.82, 2.24) is 20.2 Å². The lowest BCUT2D eigenvalue weighted by Crippen LogP contribution is -2.38. The van der Waals surface area contributed by atoms with Gasteiger partial charge >= 0.3 is 6.03 Å². The highest BCUT2D eigenvalue weighted by atomic mass is 127. The quantitative estimate of drug-likeness (QED) is 0.318. The molecule has 2 heterocycles. The number of nitrogens with zero attached hydrogens (tertiary/aromatic N) is 2. The lowest BCUT2D eigenvalue weighted by Gasteiger charge is -2.29. The van der Waals surface area contributed by atoms with Gasteiger partial charge in [-0.15, -0.1) is 0 Å². The number of hydrogen-bond acceptors (Lipinski definition) is 3. The minimum absolute atomic E-state index is 0.203. The molecule has 0 radical (unpaired) electrons. The van der Waals surface area contributed by atoms with Crippen LogP contribution in [0.5, 0.6) is 0 Å². The van der Waals surface area contributed by atoms with E-state index in [0.717, 1.165) is 22.0 Å². The maximum absolute atomic E-state index is 14.7. The number of imide groups is 1. The van der Waals surface area contributed by atoms with Crippen LogP contribution in [0, 0.1) is 22.2 Å². The van der Waals surface area contributed by atoms with Gasteiger partial charge in [0.2, 0.25) is 0 Å². The van der Waals surface area contributed by atoms with Crippen LogP contribution in [0.2, 0.25) is 0 Å². The molecule has 0 bridgehead atoms. The second-order valence-corrected chi connectivity index (χ2v) is 10.1. The summed E-state index contributed by atoms with van der Waals surface area (Å²) in [6.45, 7) is 3.81. The summed E-state index contributed by atoms with van der Waals surface area (Å²) in [5.74, 6) is -0.129. The van der Waals surface area contributed by atoms with Crippen molar-refractivity contribution in [3.05, 3.63) is 75.0 Å². The number of benzene rings is 2. The van der Waals surface area contributed by atoms with Crippen LogP contribution in [0.1, 0.15) is 48.8 Å². The van der Waals surface area contributed by atoms with Crippen LogP contribution in [0.25, 0.3) is 11.3 Å². The molecule has 2 fully saturated rings. The Bertz CT molecular complexity index is 1220. The van der Waals surface area contributed by atoms with Crippen molar-refractivity contribution < 1.29 is 14.0 Å². The first-order valence-corrected chi connectivity index (χ1v) is 12.1. The number of hydrogen-bond donors (Lipinski definition) is 2. The molecule has 170 valence electrons. The average molecular weight is 558 g/mol. The first kappa shape index (κ1) is 22.1. The van der Waals surface area contributed by atoms with Crippen molar-refractivity contribution in [3.63, 3.8) is 0 Å². The highest BCUT2D eigenvalue weighted by Gasteiger charge is 2.50. The molecule has 1 aromatic heterocycles. The Balaban J connectivity index is 1.59. The lowest BCUT2D eigenvalue weighted by atomic mass is 9.91. The molecule has 1 saturated carbocycles. The molecule has 2 aliphatic rings. The van der Waals surface area contributed by atoms with Gasteiger partial charge in [-0.1, -0.05) is 37.3 Å². The molecule has 3 amide bonds. The van der Waals surface area contributed by atoms with Crippen molar-refractivity contribution in [2.24, 2.45) is 5.92 Å². The van der Waals surface area contributed by atoms with E-state index in [0.29, 0.717) is 22.8 Å². The van der Waals surface area contributed by atoms with Gasteiger partial charge in [0.15, 0.2) is 0 Å². The van der Waals surface area contributed by atoms with E-state index in [-0.39, 0.29) is 23.6 Å². The van der Waals surface area contributed by atoms with Crippen LogP contribution in [0.3, 0.4) is 0 Å². The molecule has 33 heavy (non-hydrogen) atoms. The third-order valence-electron chi connectivity index (χ3n) is 6.54. The summed E-state index contributed by atoms with van der Waals surface area (Å²) >= 11 is 2.07. The number of carbonyl (C=O) groups is 2. The van der Waals surface area contributed by atoms with Gasteiger partial charge in [0.25, 0.3) is 5.91 Å². The Morgan fingerprint density at radius 1 is 1.15 bits per heavy atom. The van der Waals surface area contributed by atoms with Gasteiger partial charge in [-0.2, -0.15) is 0 Å². The highest BCUT2D eigenvalue weighted by Crippen LogP contribution is 2.41. The maximum atomic E-state index is 14.7. The van der Waals surface area contributed by atoms with E-state index in [2.05, 4.69) is 32.9 Å². The maximum Gasteiger partial charge on any atom is 0.325 e. The standard InChI is InChI=1S/C25H24FIN4O2/c1-13(15-6-4-3-5-7-15)22(31-24(32)21(16-8-9-16)30-25(31)33)23-28-14(2)20(29-23)18-11-10-17(27)12-19(18)26/h3-7,10-13,16,21-22H,8-9H2,1-2H3,(H,28,29)(H,30,33)/t13-,21+,22-/m0/s1. The molecule has 0 spiro atoms. The minimum atomic E-state index is -0.650. The molecule has 1 aliphatic heterocycles. The van der Waals surface area contributed by atoms with Crippen molar-refractivity contribution in [1.29, 1.82) is 0 Å². The van der Waals surface area contributed by atoms with Crippen LogP contribution in [-0.4, -0.2) is 32.8 Å². The summed E-state index contributed by atoms with van der Waals surface area (Å²) in [5.41, 5.74) is 2.53. The molecule has 0 unspecified atom stereocenters. The second-order valence-electron chi connectivity index (χ2n) is 8.84. The fourth-order valence-corrected chi connectivity index (χ4v) is 5.07. The van der Waals surface area contributed by atoms with Crippen LogP contribution in [-0.2, 0) is 4.79 Å². The van der Waals surface area contributed by atoms with Gasteiger partial charge in [0.1, 0.15) is 23.7 Å². The molecule has 2 aromatic carbocycles.